The van der Waals surface area contributed by atoms with Gasteiger partial charge in [0, 0.05) is 24.5 Å². The van der Waals surface area contributed by atoms with Gasteiger partial charge in [0.1, 0.15) is 0 Å². The Kier molecular flexibility index (Phi) is 11.9. The van der Waals surface area contributed by atoms with Crippen LogP contribution in [0.5, 0.6) is 0 Å². The molecule has 0 atom stereocenters. The van der Waals surface area contributed by atoms with Gasteiger partial charge < -0.3 is 9.84 Å². The molecular formula is C11H21N3O3. The second-order valence-corrected chi connectivity index (χ2v) is 3.83. The maximum Gasteiger partial charge on any atom is 0.303 e. The summed E-state index contributed by atoms with van der Waals surface area (Å²) < 4.78 is 5.25. The summed E-state index contributed by atoms with van der Waals surface area (Å²) in [5.74, 6) is -0.710. The molecule has 98 valence electrons. The van der Waals surface area contributed by atoms with Crippen molar-refractivity contribution >= 4 is 5.97 Å². The Morgan fingerprint density at radius 2 is 1.76 bits per heavy atom. The smallest absolute Gasteiger partial charge is 0.303 e. The first-order chi connectivity index (χ1) is 8.27. The van der Waals surface area contributed by atoms with Crippen LogP contribution < -0.4 is 0 Å². The lowest BCUT2D eigenvalue weighted by atomic mass is 10.1. The van der Waals surface area contributed by atoms with Crippen LogP contribution in [0.4, 0.5) is 0 Å². The monoisotopic (exact) mass is 243 g/mol. The lowest BCUT2D eigenvalue weighted by Gasteiger charge is -2.02. The highest BCUT2D eigenvalue weighted by Crippen LogP contribution is 2.07. The summed E-state index contributed by atoms with van der Waals surface area (Å²) in [6, 6.07) is 0. The number of hydrogen-bond donors (Lipinski definition) is 1. The van der Waals surface area contributed by atoms with E-state index in [1.54, 1.807) is 0 Å². The highest BCUT2D eigenvalue weighted by atomic mass is 16.5. The summed E-state index contributed by atoms with van der Waals surface area (Å²) >= 11 is 0. The van der Waals surface area contributed by atoms with E-state index in [1.807, 2.05) is 0 Å². The Morgan fingerprint density at radius 1 is 1.12 bits per heavy atom. The van der Waals surface area contributed by atoms with Gasteiger partial charge in [-0.25, -0.2) is 0 Å². The first-order valence-corrected chi connectivity index (χ1v) is 6.07. The molecular weight excluding hydrogens is 222 g/mol. The van der Waals surface area contributed by atoms with E-state index in [0.29, 0.717) is 19.8 Å². The number of nitrogens with zero attached hydrogens (tertiary/aromatic N) is 3. The van der Waals surface area contributed by atoms with Crippen LogP contribution in [0.3, 0.4) is 0 Å². The van der Waals surface area contributed by atoms with E-state index in [9.17, 15) is 4.79 Å². The Labute approximate surface area is 102 Å². The Bertz CT molecular complexity index is 230. The van der Waals surface area contributed by atoms with Crippen LogP contribution in [0.2, 0.25) is 0 Å². The molecule has 0 aromatic rings. The zero-order chi connectivity index (χ0) is 12.8. The van der Waals surface area contributed by atoms with E-state index in [1.165, 1.54) is 0 Å². The van der Waals surface area contributed by atoms with Crippen molar-refractivity contribution in [1.29, 1.82) is 0 Å². The maximum absolute atomic E-state index is 10.2. The molecule has 0 amide bonds. The molecule has 0 fully saturated rings. The van der Waals surface area contributed by atoms with Crippen molar-refractivity contribution in [3.63, 3.8) is 0 Å². The molecule has 0 aliphatic carbocycles. The van der Waals surface area contributed by atoms with E-state index >= 15 is 0 Å². The number of rotatable bonds is 12. The van der Waals surface area contributed by atoms with Gasteiger partial charge in [0.2, 0.25) is 0 Å². The molecule has 0 bridgehead atoms. The third-order valence-electron chi connectivity index (χ3n) is 2.33. The second kappa shape index (κ2) is 12.8. The zero-order valence-electron chi connectivity index (χ0n) is 10.2. The molecule has 0 rings (SSSR count). The SMILES string of the molecule is [N-]=[N+]=NCCOCCCCCCCCC(=O)O. The van der Waals surface area contributed by atoms with Crippen molar-refractivity contribution in [3.8, 4) is 0 Å². The van der Waals surface area contributed by atoms with Gasteiger partial charge in [0.05, 0.1) is 6.61 Å². The first kappa shape index (κ1) is 15.7. The number of ether oxygens (including phenoxy) is 1. The number of unbranched alkanes of at least 4 members (excludes halogenated alkanes) is 5. The van der Waals surface area contributed by atoms with E-state index in [0.717, 1.165) is 38.5 Å². The number of hydrogen-bond acceptors (Lipinski definition) is 3. The van der Waals surface area contributed by atoms with Gasteiger partial charge in [0.15, 0.2) is 0 Å². The summed E-state index contributed by atoms with van der Waals surface area (Å²) in [7, 11) is 0. The van der Waals surface area contributed by atoms with Gasteiger partial charge in [-0.3, -0.25) is 4.79 Å². The van der Waals surface area contributed by atoms with Crippen LogP contribution in [0, 0.1) is 0 Å². The Hall–Kier alpha value is -1.26. The predicted octanol–water partition coefficient (Wildman–Crippen LogP) is 3.13. The average molecular weight is 243 g/mol. The van der Waals surface area contributed by atoms with E-state index in [-0.39, 0.29) is 6.42 Å². The van der Waals surface area contributed by atoms with Crippen molar-refractivity contribution in [2.45, 2.75) is 44.9 Å². The molecule has 0 spiro atoms. The number of carboxylic acids is 1. The van der Waals surface area contributed by atoms with Gasteiger partial charge in [-0.05, 0) is 18.4 Å². The molecule has 6 heteroatoms. The lowest BCUT2D eigenvalue weighted by Crippen LogP contribution is -1.99. The Morgan fingerprint density at radius 3 is 2.41 bits per heavy atom. The molecule has 0 saturated heterocycles. The van der Waals surface area contributed by atoms with Crippen LogP contribution in [0.1, 0.15) is 44.9 Å². The fourth-order valence-electron chi connectivity index (χ4n) is 1.44. The lowest BCUT2D eigenvalue weighted by molar-refractivity contribution is -0.137. The van der Waals surface area contributed by atoms with E-state index < -0.39 is 5.97 Å². The van der Waals surface area contributed by atoms with E-state index in [4.69, 9.17) is 15.4 Å². The fraction of sp³-hybridized carbons (Fsp3) is 0.909. The van der Waals surface area contributed by atoms with Gasteiger partial charge in [-0.2, -0.15) is 0 Å². The topological polar surface area (TPSA) is 95.3 Å². The zero-order valence-corrected chi connectivity index (χ0v) is 10.2. The Balaban J connectivity index is 2.98. The highest BCUT2D eigenvalue weighted by Gasteiger charge is 1.96. The number of carboxylic acid groups (broad SMARTS) is 1. The van der Waals surface area contributed by atoms with Crippen molar-refractivity contribution in [1.82, 2.24) is 0 Å². The summed E-state index contributed by atoms with van der Waals surface area (Å²) in [5.41, 5.74) is 8.01. The molecule has 0 radical (unpaired) electrons. The van der Waals surface area contributed by atoms with Crippen molar-refractivity contribution in [2.24, 2.45) is 5.11 Å². The van der Waals surface area contributed by atoms with Gasteiger partial charge in [-0.1, -0.05) is 30.8 Å². The molecule has 0 aliphatic heterocycles. The highest BCUT2D eigenvalue weighted by molar-refractivity contribution is 5.66. The minimum Gasteiger partial charge on any atom is -0.481 e. The molecule has 0 heterocycles. The summed E-state index contributed by atoms with van der Waals surface area (Å²) in [4.78, 5) is 12.9. The van der Waals surface area contributed by atoms with Gasteiger partial charge >= 0.3 is 5.97 Å². The van der Waals surface area contributed by atoms with Crippen molar-refractivity contribution in [2.75, 3.05) is 19.8 Å². The summed E-state index contributed by atoms with van der Waals surface area (Å²) in [6.07, 6.45) is 6.37. The van der Waals surface area contributed by atoms with Crippen LogP contribution in [-0.2, 0) is 9.53 Å². The minimum absolute atomic E-state index is 0.280. The van der Waals surface area contributed by atoms with Crippen molar-refractivity contribution < 1.29 is 14.6 Å². The van der Waals surface area contributed by atoms with Gasteiger partial charge in [0.25, 0.3) is 0 Å². The molecule has 0 aliphatic rings. The molecule has 6 nitrogen and oxygen atoms in total. The van der Waals surface area contributed by atoms with Crippen LogP contribution in [-0.4, -0.2) is 30.8 Å². The van der Waals surface area contributed by atoms with E-state index in [2.05, 4.69) is 10.0 Å². The normalized spacial score (nSPS) is 9.88. The molecule has 0 aromatic carbocycles. The summed E-state index contributed by atoms with van der Waals surface area (Å²) in [6.45, 7) is 1.59. The summed E-state index contributed by atoms with van der Waals surface area (Å²) in [5, 5.41) is 11.8. The minimum atomic E-state index is -0.710. The van der Waals surface area contributed by atoms with Crippen LogP contribution in [0.15, 0.2) is 5.11 Å². The molecule has 0 unspecified atom stereocenters. The first-order valence-electron chi connectivity index (χ1n) is 6.07. The number of carbonyl (C=O) groups is 1. The maximum atomic E-state index is 10.2. The third kappa shape index (κ3) is 14.7. The third-order valence-corrected chi connectivity index (χ3v) is 2.33. The standard InChI is InChI=1S/C11H21N3O3/c12-14-13-8-10-17-9-6-4-2-1-3-5-7-11(15)16/h1-10H2,(H,15,16). The molecule has 0 aromatic heterocycles. The number of azide groups is 1. The molecule has 1 N–H and O–H groups in total. The van der Waals surface area contributed by atoms with Crippen LogP contribution >= 0.6 is 0 Å². The van der Waals surface area contributed by atoms with Gasteiger partial charge in [-0.15, -0.1) is 0 Å². The van der Waals surface area contributed by atoms with Crippen molar-refractivity contribution in [3.05, 3.63) is 10.4 Å². The average Bonchev–Trinajstić information content (AvgIpc) is 2.30. The largest absolute Gasteiger partial charge is 0.481 e. The second-order valence-electron chi connectivity index (χ2n) is 3.83. The fourth-order valence-corrected chi connectivity index (χ4v) is 1.44. The van der Waals surface area contributed by atoms with Crippen LogP contribution in [0.25, 0.3) is 10.4 Å². The quantitative estimate of drug-likeness (QED) is 0.247. The molecule has 0 saturated carbocycles. The predicted molar refractivity (Wildman–Crippen MR) is 64.8 cm³/mol. The number of aliphatic carboxylic acids is 1. The molecule has 17 heavy (non-hydrogen) atoms.